The van der Waals surface area contributed by atoms with Crippen LogP contribution in [0.25, 0.3) is 0 Å². The summed E-state index contributed by atoms with van der Waals surface area (Å²) in [6, 6.07) is 0. The average molecular weight is 497 g/mol. The Kier molecular flexibility index (Phi) is 8.06. The molecular weight excluding hydrogens is 456 g/mol. The van der Waals surface area contributed by atoms with Gasteiger partial charge in [0.15, 0.2) is 0 Å². The summed E-state index contributed by atoms with van der Waals surface area (Å²) in [6.45, 7) is 11.9. The molecule has 0 bridgehead atoms. The van der Waals surface area contributed by atoms with Crippen molar-refractivity contribution in [2.24, 2.45) is 23.7 Å². The Bertz CT molecular complexity index is 1030. The second kappa shape index (κ2) is 10.9. The van der Waals surface area contributed by atoms with E-state index in [2.05, 4.69) is 19.6 Å². The third-order valence-electron chi connectivity index (χ3n) is 8.45. The van der Waals surface area contributed by atoms with Crippen molar-refractivity contribution in [3.05, 3.63) is 58.7 Å². The highest BCUT2D eigenvalue weighted by atomic mass is 16.6. The first-order chi connectivity index (χ1) is 17.0. The van der Waals surface area contributed by atoms with Crippen LogP contribution < -0.4 is 0 Å². The Morgan fingerprint density at radius 1 is 0.944 bits per heavy atom. The quantitative estimate of drug-likeness (QED) is 0.326. The van der Waals surface area contributed by atoms with Crippen LogP contribution in [0, 0.1) is 23.7 Å². The van der Waals surface area contributed by atoms with Crippen molar-refractivity contribution in [2.45, 2.75) is 90.6 Å². The molecular formula is C30H40O6. The predicted molar refractivity (Wildman–Crippen MR) is 138 cm³/mol. The van der Waals surface area contributed by atoms with Crippen LogP contribution >= 0.6 is 0 Å². The Balaban J connectivity index is 1.64. The number of ether oxygens (including phenoxy) is 2. The zero-order valence-electron chi connectivity index (χ0n) is 21.9. The highest BCUT2D eigenvalue weighted by molar-refractivity contribution is 5.91. The zero-order valence-corrected chi connectivity index (χ0v) is 21.9. The molecule has 4 aliphatic rings. The lowest BCUT2D eigenvalue weighted by Gasteiger charge is -2.29. The van der Waals surface area contributed by atoms with Crippen LogP contribution in [0.5, 0.6) is 0 Å². The molecule has 2 saturated heterocycles. The molecule has 0 amide bonds. The number of carbonyl (C=O) groups excluding carboxylic acids is 2. The Labute approximate surface area is 214 Å². The molecule has 0 aromatic rings. The molecule has 196 valence electrons. The van der Waals surface area contributed by atoms with Crippen LogP contribution in [-0.4, -0.2) is 46.6 Å². The number of rotatable bonds is 2. The van der Waals surface area contributed by atoms with Gasteiger partial charge in [0.2, 0.25) is 0 Å². The summed E-state index contributed by atoms with van der Waals surface area (Å²) in [5.41, 5.74) is 4.63. The Morgan fingerprint density at radius 2 is 1.64 bits per heavy atom. The van der Waals surface area contributed by atoms with Gasteiger partial charge < -0.3 is 19.7 Å². The topological polar surface area (TPSA) is 93.1 Å². The van der Waals surface area contributed by atoms with Gasteiger partial charge in [0.25, 0.3) is 0 Å². The first-order valence-electron chi connectivity index (χ1n) is 13.2. The minimum Gasteiger partial charge on any atom is -0.461 e. The SMILES string of the molecule is C=C1C(=O)O[C@@H]2/C=C(\C)[C@H](C[C@H]3C(=O)O[C@H]4C/C(C)=C/CC/C(C)=C/[C@H](O)[C@@H]43)CC/C(C)=C/[C@@H](O)[C@H]12. The molecule has 0 unspecified atom stereocenters. The number of hydrogen-bond acceptors (Lipinski definition) is 6. The van der Waals surface area contributed by atoms with Gasteiger partial charge in [-0.05, 0) is 71.8 Å². The molecule has 8 atom stereocenters. The van der Waals surface area contributed by atoms with Gasteiger partial charge in [-0.2, -0.15) is 0 Å². The van der Waals surface area contributed by atoms with Crippen molar-refractivity contribution in [1.29, 1.82) is 0 Å². The molecule has 0 radical (unpaired) electrons. The lowest BCUT2D eigenvalue weighted by molar-refractivity contribution is -0.144. The van der Waals surface area contributed by atoms with Crippen LogP contribution in [0.4, 0.5) is 0 Å². The molecule has 2 fully saturated rings. The predicted octanol–water partition coefficient (Wildman–Crippen LogP) is 4.73. The van der Waals surface area contributed by atoms with Gasteiger partial charge in [0.05, 0.1) is 24.0 Å². The van der Waals surface area contributed by atoms with Crippen LogP contribution in [0.2, 0.25) is 0 Å². The first kappa shape index (κ1) is 26.6. The highest BCUT2D eigenvalue weighted by Crippen LogP contribution is 2.42. The van der Waals surface area contributed by atoms with Crippen molar-refractivity contribution < 1.29 is 29.3 Å². The Morgan fingerprint density at radius 3 is 2.39 bits per heavy atom. The zero-order chi connectivity index (χ0) is 26.1. The standard InChI is InChI=1S/C30H40O6/c1-16-7-6-8-17(2)13-25-28(24(32)11-16)22(30(34)36-25)15-21-10-9-18(3)12-23(31)27-20(5)29(33)35-26(27)14-19(21)4/h8,11-12,14,21-28,31-32H,5-7,9-10,13,15H2,1-4H3/b16-11+,17-8+,18-12+,19-14+/t21-,22+,23+,24-,25-,26+,27-,28-/m0/s1. The fraction of sp³-hybridized carbons (Fsp3) is 0.600. The van der Waals surface area contributed by atoms with Gasteiger partial charge in [0, 0.05) is 17.9 Å². The van der Waals surface area contributed by atoms with Crippen LogP contribution in [0.1, 0.15) is 66.2 Å². The first-order valence-corrected chi connectivity index (χ1v) is 13.2. The van der Waals surface area contributed by atoms with Crippen molar-refractivity contribution in [3.63, 3.8) is 0 Å². The summed E-state index contributed by atoms with van der Waals surface area (Å²) >= 11 is 0. The van der Waals surface area contributed by atoms with Crippen molar-refractivity contribution in [3.8, 4) is 0 Å². The molecule has 0 aromatic heterocycles. The van der Waals surface area contributed by atoms with E-state index in [1.165, 1.54) is 5.57 Å². The van der Waals surface area contributed by atoms with Crippen LogP contribution in [-0.2, 0) is 19.1 Å². The minimum absolute atomic E-state index is 0.0393. The normalized spacial score (nSPS) is 43.8. The molecule has 0 aromatic carbocycles. The van der Waals surface area contributed by atoms with Gasteiger partial charge in [0.1, 0.15) is 12.2 Å². The van der Waals surface area contributed by atoms with Gasteiger partial charge in [-0.25, -0.2) is 4.79 Å². The molecule has 2 heterocycles. The summed E-state index contributed by atoms with van der Waals surface area (Å²) in [5, 5.41) is 22.0. The van der Waals surface area contributed by atoms with Gasteiger partial charge >= 0.3 is 11.9 Å². The van der Waals surface area contributed by atoms with E-state index in [-0.39, 0.29) is 29.5 Å². The maximum atomic E-state index is 13.2. The van der Waals surface area contributed by atoms with Crippen LogP contribution in [0.3, 0.4) is 0 Å². The largest absolute Gasteiger partial charge is 0.461 e. The fourth-order valence-corrected chi connectivity index (χ4v) is 6.31. The summed E-state index contributed by atoms with van der Waals surface area (Å²) in [6.07, 6.45) is 9.83. The van der Waals surface area contributed by atoms with E-state index in [1.54, 1.807) is 6.08 Å². The molecule has 2 aliphatic carbocycles. The molecule has 0 spiro atoms. The lowest BCUT2D eigenvalue weighted by Crippen LogP contribution is -2.34. The summed E-state index contributed by atoms with van der Waals surface area (Å²) in [5.74, 6) is -1.94. The molecule has 2 aliphatic heterocycles. The number of allylic oxidation sites excluding steroid dienone is 4. The van der Waals surface area contributed by atoms with Crippen molar-refractivity contribution in [2.75, 3.05) is 0 Å². The number of carbonyl (C=O) groups is 2. The van der Waals surface area contributed by atoms with Crippen molar-refractivity contribution in [1.82, 2.24) is 0 Å². The van der Waals surface area contributed by atoms with E-state index < -0.39 is 36.1 Å². The Hall–Kier alpha value is -2.44. The number of aliphatic hydroxyl groups is 2. The molecule has 36 heavy (non-hydrogen) atoms. The van der Waals surface area contributed by atoms with Gasteiger partial charge in [-0.15, -0.1) is 0 Å². The van der Waals surface area contributed by atoms with E-state index in [4.69, 9.17) is 9.47 Å². The highest BCUT2D eigenvalue weighted by Gasteiger charge is 2.48. The molecule has 6 nitrogen and oxygen atoms in total. The van der Waals surface area contributed by atoms with E-state index in [0.29, 0.717) is 12.8 Å². The van der Waals surface area contributed by atoms with E-state index in [0.717, 1.165) is 42.4 Å². The summed E-state index contributed by atoms with van der Waals surface area (Å²) in [4.78, 5) is 25.4. The summed E-state index contributed by atoms with van der Waals surface area (Å²) in [7, 11) is 0. The molecule has 0 saturated carbocycles. The third-order valence-corrected chi connectivity index (χ3v) is 8.45. The monoisotopic (exact) mass is 496 g/mol. The van der Waals surface area contributed by atoms with E-state index in [1.807, 2.05) is 32.9 Å². The molecule has 4 rings (SSSR count). The lowest BCUT2D eigenvalue weighted by atomic mass is 9.74. The van der Waals surface area contributed by atoms with Crippen molar-refractivity contribution >= 4 is 11.9 Å². The number of hydrogen-bond donors (Lipinski definition) is 2. The maximum absolute atomic E-state index is 13.2. The number of fused-ring (bicyclic) bond motifs is 2. The minimum atomic E-state index is -0.843. The third kappa shape index (κ3) is 5.60. The van der Waals surface area contributed by atoms with Crippen LogP contribution in [0.15, 0.2) is 58.7 Å². The van der Waals surface area contributed by atoms with E-state index >= 15 is 0 Å². The molecule has 6 heteroatoms. The summed E-state index contributed by atoms with van der Waals surface area (Å²) < 4.78 is 11.4. The maximum Gasteiger partial charge on any atom is 0.334 e. The average Bonchev–Trinajstić information content (AvgIpc) is 3.24. The number of esters is 2. The van der Waals surface area contributed by atoms with E-state index in [9.17, 15) is 19.8 Å². The van der Waals surface area contributed by atoms with Gasteiger partial charge in [-0.1, -0.05) is 47.1 Å². The van der Waals surface area contributed by atoms with Gasteiger partial charge in [-0.3, -0.25) is 4.79 Å². The smallest absolute Gasteiger partial charge is 0.334 e. The second-order valence-corrected chi connectivity index (χ2v) is 11.3. The second-order valence-electron chi connectivity index (χ2n) is 11.3. The fourth-order valence-electron chi connectivity index (χ4n) is 6.31. The molecule has 2 N–H and O–H groups in total. The number of aliphatic hydroxyl groups excluding tert-OH is 2.